The number of amides is 1. The smallest absolute Gasteiger partial charge is 0.234 e. The quantitative estimate of drug-likeness (QED) is 0.840. The highest BCUT2D eigenvalue weighted by atomic mass is 16.5. The Labute approximate surface area is 135 Å². The number of fused-ring (bicyclic) bond motifs is 1. The van der Waals surface area contributed by atoms with Crippen molar-refractivity contribution in [1.82, 2.24) is 0 Å². The lowest BCUT2D eigenvalue weighted by Crippen LogP contribution is -2.49. The molecule has 0 radical (unpaired) electrons. The summed E-state index contributed by atoms with van der Waals surface area (Å²) in [4.78, 5) is 26.7. The van der Waals surface area contributed by atoms with Crippen molar-refractivity contribution in [3.05, 3.63) is 35.9 Å². The third-order valence-electron chi connectivity index (χ3n) is 4.87. The summed E-state index contributed by atoms with van der Waals surface area (Å²) in [5.74, 6) is -0.131. The molecule has 0 bridgehead atoms. The van der Waals surface area contributed by atoms with Crippen LogP contribution in [-0.2, 0) is 9.59 Å². The normalized spacial score (nSPS) is 27.1. The number of nitrogens with zero attached hydrogens (tertiary/aromatic N) is 2. The van der Waals surface area contributed by atoms with E-state index in [4.69, 9.17) is 10.00 Å². The van der Waals surface area contributed by atoms with Crippen LogP contribution < -0.4 is 9.64 Å². The number of methoxy groups -OCH3 is 1. The number of allylic oxidation sites excluding steroid dienone is 1. The Morgan fingerprint density at radius 2 is 1.96 bits per heavy atom. The second kappa shape index (κ2) is 5.88. The van der Waals surface area contributed by atoms with Crippen molar-refractivity contribution in [2.45, 2.75) is 13.3 Å². The summed E-state index contributed by atoms with van der Waals surface area (Å²) in [6.07, 6.45) is 2.32. The van der Waals surface area contributed by atoms with E-state index in [1.54, 1.807) is 18.1 Å². The number of ether oxygens (including phenoxy) is 1. The highest BCUT2D eigenvalue weighted by molar-refractivity contribution is 6.05. The Hall–Kier alpha value is -2.61. The van der Waals surface area contributed by atoms with Crippen molar-refractivity contribution in [3.8, 4) is 11.8 Å². The van der Waals surface area contributed by atoms with E-state index in [0.29, 0.717) is 6.54 Å². The van der Waals surface area contributed by atoms with E-state index in [0.717, 1.165) is 17.9 Å². The van der Waals surface area contributed by atoms with Gasteiger partial charge in [-0.1, -0.05) is 13.0 Å². The van der Waals surface area contributed by atoms with Crippen molar-refractivity contribution >= 4 is 17.4 Å². The molecule has 3 atom stereocenters. The predicted molar refractivity (Wildman–Crippen MR) is 84.8 cm³/mol. The molecule has 0 aromatic heterocycles. The van der Waals surface area contributed by atoms with Crippen molar-refractivity contribution in [2.24, 2.45) is 17.8 Å². The minimum absolute atomic E-state index is 0.0124. The van der Waals surface area contributed by atoms with Crippen LogP contribution >= 0.6 is 0 Å². The summed E-state index contributed by atoms with van der Waals surface area (Å²) in [6, 6.07) is 9.27. The van der Waals surface area contributed by atoms with E-state index >= 15 is 0 Å². The zero-order valence-electron chi connectivity index (χ0n) is 13.2. The van der Waals surface area contributed by atoms with E-state index in [1.807, 2.05) is 37.3 Å². The summed E-state index contributed by atoms with van der Waals surface area (Å²) in [6.45, 7) is 2.40. The molecule has 23 heavy (non-hydrogen) atoms. The molecule has 1 aliphatic carbocycles. The second-order valence-corrected chi connectivity index (χ2v) is 6.01. The minimum Gasteiger partial charge on any atom is -0.497 e. The summed E-state index contributed by atoms with van der Waals surface area (Å²) >= 11 is 0. The van der Waals surface area contributed by atoms with Gasteiger partial charge in [-0.3, -0.25) is 9.59 Å². The molecule has 1 amide bonds. The Morgan fingerprint density at radius 3 is 2.57 bits per heavy atom. The number of nitriles is 1. The Balaban J connectivity index is 1.91. The first kappa shape index (κ1) is 15.3. The van der Waals surface area contributed by atoms with Crippen LogP contribution in [0.1, 0.15) is 13.3 Å². The molecule has 1 heterocycles. The molecule has 3 unspecified atom stereocenters. The van der Waals surface area contributed by atoms with Gasteiger partial charge in [0.25, 0.3) is 0 Å². The largest absolute Gasteiger partial charge is 0.497 e. The fourth-order valence-electron chi connectivity index (χ4n) is 3.50. The van der Waals surface area contributed by atoms with Crippen LogP contribution in [0.15, 0.2) is 35.9 Å². The summed E-state index contributed by atoms with van der Waals surface area (Å²) < 4.78 is 5.14. The first-order chi connectivity index (χ1) is 11.1. The number of hydrogen-bond donors (Lipinski definition) is 0. The van der Waals surface area contributed by atoms with E-state index in [-0.39, 0.29) is 29.1 Å². The molecule has 1 fully saturated rings. The number of anilines is 1. The molecule has 1 aromatic rings. The van der Waals surface area contributed by atoms with Crippen LogP contribution in [0.2, 0.25) is 0 Å². The molecular weight excluding hydrogens is 292 g/mol. The number of hydrogen-bond acceptors (Lipinski definition) is 4. The van der Waals surface area contributed by atoms with E-state index in [2.05, 4.69) is 0 Å². The molecule has 118 valence electrons. The molecule has 1 aromatic carbocycles. The van der Waals surface area contributed by atoms with Crippen molar-refractivity contribution in [1.29, 1.82) is 5.26 Å². The van der Waals surface area contributed by atoms with Crippen LogP contribution in [0.5, 0.6) is 5.75 Å². The highest BCUT2D eigenvalue weighted by Crippen LogP contribution is 2.39. The van der Waals surface area contributed by atoms with Crippen LogP contribution in [0.3, 0.4) is 0 Å². The van der Waals surface area contributed by atoms with Gasteiger partial charge in [-0.2, -0.15) is 5.26 Å². The van der Waals surface area contributed by atoms with Gasteiger partial charge in [-0.15, -0.1) is 0 Å². The SMILES string of the molecule is COc1ccc(N2CCC3C(C)C(=O)C(C#N)=CC3C2=O)cc1. The van der Waals surface area contributed by atoms with Gasteiger partial charge in [0.15, 0.2) is 5.78 Å². The topological polar surface area (TPSA) is 70.4 Å². The molecule has 1 saturated heterocycles. The first-order valence-electron chi connectivity index (χ1n) is 7.68. The molecule has 5 heteroatoms. The fraction of sp³-hybridized carbons (Fsp3) is 0.389. The van der Waals surface area contributed by atoms with Crippen molar-refractivity contribution in [3.63, 3.8) is 0 Å². The van der Waals surface area contributed by atoms with Crippen LogP contribution in [-0.4, -0.2) is 25.3 Å². The monoisotopic (exact) mass is 310 g/mol. The molecule has 1 aliphatic heterocycles. The van der Waals surface area contributed by atoms with Gasteiger partial charge in [0.1, 0.15) is 11.8 Å². The van der Waals surface area contributed by atoms with Gasteiger partial charge in [-0.05, 0) is 36.6 Å². The third-order valence-corrected chi connectivity index (χ3v) is 4.87. The van der Waals surface area contributed by atoms with Crippen LogP contribution in [0.4, 0.5) is 5.69 Å². The van der Waals surface area contributed by atoms with Gasteiger partial charge in [0.05, 0.1) is 18.6 Å². The van der Waals surface area contributed by atoms with E-state index < -0.39 is 5.92 Å². The number of carbonyl (C=O) groups is 2. The van der Waals surface area contributed by atoms with Gasteiger partial charge >= 0.3 is 0 Å². The molecule has 0 saturated carbocycles. The lowest BCUT2D eigenvalue weighted by molar-refractivity contribution is -0.128. The predicted octanol–water partition coefficient (Wildman–Crippen LogP) is 2.33. The van der Waals surface area contributed by atoms with E-state index in [9.17, 15) is 9.59 Å². The first-order valence-corrected chi connectivity index (χ1v) is 7.68. The van der Waals surface area contributed by atoms with E-state index in [1.165, 1.54) is 0 Å². The Kier molecular flexibility index (Phi) is 3.91. The summed E-state index contributed by atoms with van der Waals surface area (Å²) in [5, 5.41) is 9.12. The number of rotatable bonds is 2. The lowest BCUT2D eigenvalue weighted by atomic mass is 9.69. The summed E-state index contributed by atoms with van der Waals surface area (Å²) in [7, 11) is 1.60. The number of benzene rings is 1. The Morgan fingerprint density at radius 1 is 1.26 bits per heavy atom. The van der Waals surface area contributed by atoms with Crippen molar-refractivity contribution < 1.29 is 14.3 Å². The second-order valence-electron chi connectivity index (χ2n) is 6.01. The molecule has 2 aliphatic rings. The fourth-order valence-corrected chi connectivity index (χ4v) is 3.50. The van der Waals surface area contributed by atoms with Crippen LogP contribution in [0.25, 0.3) is 0 Å². The molecule has 5 nitrogen and oxygen atoms in total. The number of carbonyl (C=O) groups excluding carboxylic acids is 2. The number of ketones is 1. The zero-order valence-corrected chi connectivity index (χ0v) is 13.2. The number of Topliss-reactive ketones (excluding diaryl/α,β-unsaturated/α-hetero) is 1. The molecule has 3 rings (SSSR count). The molecular formula is C18H18N2O3. The van der Waals surface area contributed by atoms with Crippen LogP contribution in [0, 0.1) is 29.1 Å². The lowest BCUT2D eigenvalue weighted by Gasteiger charge is -2.41. The third kappa shape index (κ3) is 2.50. The van der Waals surface area contributed by atoms with Gasteiger partial charge < -0.3 is 9.64 Å². The minimum atomic E-state index is -0.395. The van der Waals surface area contributed by atoms with Crippen molar-refractivity contribution in [2.75, 3.05) is 18.6 Å². The summed E-state index contributed by atoms with van der Waals surface area (Å²) in [5.41, 5.74) is 0.925. The molecule has 0 spiro atoms. The Bertz CT molecular complexity index is 715. The maximum absolute atomic E-state index is 12.9. The standard InChI is InChI=1S/C18H18N2O3/c1-11-15-7-8-20(13-3-5-14(23-2)6-4-13)18(22)16(15)9-12(10-19)17(11)21/h3-6,9,11,15-16H,7-8H2,1-2H3. The molecule has 0 N–H and O–H groups in total. The number of piperidine rings is 1. The van der Waals surface area contributed by atoms with Gasteiger partial charge in [0.2, 0.25) is 5.91 Å². The van der Waals surface area contributed by atoms with Gasteiger partial charge in [0, 0.05) is 18.2 Å². The van der Waals surface area contributed by atoms with Gasteiger partial charge in [-0.25, -0.2) is 0 Å². The zero-order chi connectivity index (χ0) is 16.6. The highest BCUT2D eigenvalue weighted by Gasteiger charge is 2.44. The maximum Gasteiger partial charge on any atom is 0.234 e. The maximum atomic E-state index is 12.9. The average molecular weight is 310 g/mol. The average Bonchev–Trinajstić information content (AvgIpc) is 2.59.